The van der Waals surface area contributed by atoms with Crippen molar-refractivity contribution >= 4 is 23.2 Å². The molecule has 0 spiro atoms. The summed E-state index contributed by atoms with van der Waals surface area (Å²) in [6.45, 7) is 0. The zero-order valence-corrected chi connectivity index (χ0v) is 15.6. The highest BCUT2D eigenvalue weighted by Crippen LogP contribution is 2.32. The normalized spacial score (nSPS) is 11.5. The molecule has 0 fully saturated rings. The SMILES string of the molecule is NC(=O)c1cc(NO)ccc1-c1ccccc1NC(=O)C(N)Cc1ccccc1. The van der Waals surface area contributed by atoms with Gasteiger partial charge in [0.15, 0.2) is 0 Å². The number of amides is 2. The summed E-state index contributed by atoms with van der Waals surface area (Å²) in [5.41, 5.74) is 16.7. The quantitative estimate of drug-likeness (QED) is 0.396. The van der Waals surface area contributed by atoms with Gasteiger partial charge in [0.2, 0.25) is 11.8 Å². The van der Waals surface area contributed by atoms with Crippen molar-refractivity contribution in [3.05, 3.63) is 83.9 Å². The average molecular weight is 390 g/mol. The highest BCUT2D eigenvalue weighted by atomic mass is 16.5. The van der Waals surface area contributed by atoms with Crippen LogP contribution < -0.4 is 22.3 Å². The molecule has 0 aromatic heterocycles. The van der Waals surface area contributed by atoms with Crippen LogP contribution >= 0.6 is 0 Å². The molecule has 3 rings (SSSR count). The zero-order valence-electron chi connectivity index (χ0n) is 15.6. The van der Waals surface area contributed by atoms with Crippen molar-refractivity contribution < 1.29 is 14.8 Å². The highest BCUT2D eigenvalue weighted by Gasteiger charge is 2.18. The number of para-hydroxylation sites is 1. The lowest BCUT2D eigenvalue weighted by molar-refractivity contribution is -0.117. The molecular formula is C22H22N4O3. The van der Waals surface area contributed by atoms with Gasteiger partial charge in [0.25, 0.3) is 0 Å². The molecule has 0 bridgehead atoms. The van der Waals surface area contributed by atoms with Crippen LogP contribution in [0.3, 0.4) is 0 Å². The van der Waals surface area contributed by atoms with Gasteiger partial charge >= 0.3 is 0 Å². The van der Waals surface area contributed by atoms with Gasteiger partial charge in [-0.3, -0.25) is 20.3 Å². The lowest BCUT2D eigenvalue weighted by Crippen LogP contribution is -2.37. The number of hydrogen-bond acceptors (Lipinski definition) is 5. The van der Waals surface area contributed by atoms with E-state index in [-0.39, 0.29) is 11.5 Å². The van der Waals surface area contributed by atoms with Gasteiger partial charge in [0, 0.05) is 16.8 Å². The Balaban J connectivity index is 1.88. The summed E-state index contributed by atoms with van der Waals surface area (Å²) in [4.78, 5) is 24.6. The molecule has 7 heteroatoms. The maximum atomic E-state index is 12.6. The monoisotopic (exact) mass is 390 g/mol. The standard InChI is InChI=1S/C22H22N4O3/c23-19(12-14-6-2-1-3-7-14)22(28)25-20-9-5-4-8-17(20)16-11-10-15(26-29)13-18(16)21(24)27/h1-11,13,19,26,29H,12,23H2,(H2,24,27)(H,25,28). The molecule has 0 aliphatic rings. The first-order valence-corrected chi connectivity index (χ1v) is 9.03. The predicted octanol–water partition coefficient (Wildman–Crippen LogP) is 2.76. The largest absolute Gasteiger partial charge is 0.366 e. The molecule has 7 N–H and O–H groups in total. The Labute approximate surface area is 168 Å². The third-order valence-electron chi connectivity index (χ3n) is 4.52. The number of nitrogens with one attached hydrogen (secondary N) is 2. The van der Waals surface area contributed by atoms with E-state index in [1.807, 2.05) is 35.8 Å². The number of anilines is 2. The Bertz CT molecular complexity index is 1020. The van der Waals surface area contributed by atoms with E-state index in [0.717, 1.165) is 5.56 Å². The Morgan fingerprint density at radius 2 is 1.62 bits per heavy atom. The minimum absolute atomic E-state index is 0.208. The Hall–Kier alpha value is -3.68. The van der Waals surface area contributed by atoms with E-state index in [0.29, 0.717) is 28.9 Å². The van der Waals surface area contributed by atoms with Crippen LogP contribution in [-0.4, -0.2) is 23.1 Å². The number of primary amides is 1. The van der Waals surface area contributed by atoms with Crippen LogP contribution in [0.2, 0.25) is 0 Å². The topological polar surface area (TPSA) is 130 Å². The fourth-order valence-electron chi connectivity index (χ4n) is 3.07. The van der Waals surface area contributed by atoms with E-state index in [9.17, 15) is 9.59 Å². The van der Waals surface area contributed by atoms with Crippen molar-refractivity contribution in [1.82, 2.24) is 0 Å². The van der Waals surface area contributed by atoms with Gasteiger partial charge in [-0.25, -0.2) is 0 Å². The maximum absolute atomic E-state index is 12.6. The highest BCUT2D eigenvalue weighted by molar-refractivity contribution is 6.04. The fraction of sp³-hybridized carbons (Fsp3) is 0.0909. The van der Waals surface area contributed by atoms with E-state index < -0.39 is 11.9 Å². The first-order chi connectivity index (χ1) is 14.0. The van der Waals surface area contributed by atoms with Gasteiger partial charge in [-0.05, 0) is 35.7 Å². The smallest absolute Gasteiger partial charge is 0.249 e. The summed E-state index contributed by atoms with van der Waals surface area (Å²) in [5, 5.41) is 11.9. The molecular weight excluding hydrogens is 368 g/mol. The number of benzene rings is 3. The van der Waals surface area contributed by atoms with Crippen LogP contribution in [-0.2, 0) is 11.2 Å². The average Bonchev–Trinajstić information content (AvgIpc) is 2.74. The zero-order chi connectivity index (χ0) is 20.8. The van der Waals surface area contributed by atoms with Crippen molar-refractivity contribution in [3.8, 4) is 11.1 Å². The minimum atomic E-state index is -0.734. The molecule has 0 saturated carbocycles. The van der Waals surface area contributed by atoms with Crippen LogP contribution in [0.25, 0.3) is 11.1 Å². The first-order valence-electron chi connectivity index (χ1n) is 9.03. The third-order valence-corrected chi connectivity index (χ3v) is 4.52. The fourth-order valence-corrected chi connectivity index (χ4v) is 3.07. The van der Waals surface area contributed by atoms with E-state index >= 15 is 0 Å². The van der Waals surface area contributed by atoms with Crippen LogP contribution in [0.15, 0.2) is 72.8 Å². The van der Waals surface area contributed by atoms with Gasteiger partial charge in [0.1, 0.15) is 0 Å². The number of carbonyl (C=O) groups is 2. The molecule has 29 heavy (non-hydrogen) atoms. The van der Waals surface area contributed by atoms with Crippen molar-refractivity contribution in [2.75, 3.05) is 10.8 Å². The molecule has 0 heterocycles. The molecule has 2 amide bonds. The molecule has 1 unspecified atom stereocenters. The summed E-state index contributed by atoms with van der Waals surface area (Å²) in [5.74, 6) is -0.991. The van der Waals surface area contributed by atoms with E-state index in [1.54, 1.807) is 36.4 Å². The van der Waals surface area contributed by atoms with E-state index in [2.05, 4.69) is 5.32 Å². The van der Waals surface area contributed by atoms with Gasteiger partial charge in [0.05, 0.1) is 11.7 Å². The summed E-state index contributed by atoms with van der Waals surface area (Å²) >= 11 is 0. The van der Waals surface area contributed by atoms with Crippen LogP contribution in [0.4, 0.5) is 11.4 Å². The second-order valence-corrected chi connectivity index (χ2v) is 6.57. The summed E-state index contributed by atoms with van der Waals surface area (Å²) < 4.78 is 0. The number of rotatable bonds is 7. The minimum Gasteiger partial charge on any atom is -0.366 e. The molecule has 0 aliphatic carbocycles. The molecule has 0 radical (unpaired) electrons. The van der Waals surface area contributed by atoms with Gasteiger partial charge in [-0.1, -0.05) is 54.6 Å². The lowest BCUT2D eigenvalue weighted by atomic mass is 9.96. The van der Waals surface area contributed by atoms with Crippen molar-refractivity contribution in [2.24, 2.45) is 11.5 Å². The molecule has 7 nitrogen and oxygen atoms in total. The third kappa shape index (κ3) is 4.78. The Kier molecular flexibility index (Phi) is 6.23. The number of carbonyl (C=O) groups excluding carboxylic acids is 2. The molecule has 3 aromatic rings. The molecule has 0 aliphatic heterocycles. The second kappa shape index (κ2) is 9.01. The Morgan fingerprint density at radius 1 is 0.931 bits per heavy atom. The Morgan fingerprint density at radius 3 is 2.31 bits per heavy atom. The lowest BCUT2D eigenvalue weighted by Gasteiger charge is -2.17. The van der Waals surface area contributed by atoms with E-state index in [4.69, 9.17) is 16.7 Å². The first kappa shape index (κ1) is 20.1. The molecule has 0 saturated heterocycles. The summed E-state index contributed by atoms with van der Waals surface area (Å²) in [6, 6.07) is 20.5. The van der Waals surface area contributed by atoms with Crippen LogP contribution in [0.1, 0.15) is 15.9 Å². The molecule has 148 valence electrons. The maximum Gasteiger partial charge on any atom is 0.249 e. The van der Waals surface area contributed by atoms with Gasteiger partial charge in [-0.2, -0.15) is 0 Å². The van der Waals surface area contributed by atoms with Gasteiger partial charge < -0.3 is 16.8 Å². The second-order valence-electron chi connectivity index (χ2n) is 6.57. The number of nitrogens with two attached hydrogens (primary N) is 2. The van der Waals surface area contributed by atoms with Crippen LogP contribution in [0.5, 0.6) is 0 Å². The van der Waals surface area contributed by atoms with Gasteiger partial charge in [-0.15, -0.1) is 0 Å². The predicted molar refractivity (Wildman–Crippen MR) is 113 cm³/mol. The molecule has 3 aromatic carbocycles. The van der Waals surface area contributed by atoms with Crippen LogP contribution in [0, 0.1) is 0 Å². The molecule has 1 atom stereocenters. The summed E-state index contributed by atoms with van der Waals surface area (Å²) in [6.07, 6.45) is 0.401. The van der Waals surface area contributed by atoms with Crippen molar-refractivity contribution in [2.45, 2.75) is 12.5 Å². The van der Waals surface area contributed by atoms with E-state index in [1.165, 1.54) is 6.07 Å². The van der Waals surface area contributed by atoms with Crippen molar-refractivity contribution in [3.63, 3.8) is 0 Å². The number of hydrogen-bond donors (Lipinski definition) is 5. The van der Waals surface area contributed by atoms with Crippen molar-refractivity contribution in [1.29, 1.82) is 0 Å². The summed E-state index contributed by atoms with van der Waals surface area (Å²) in [7, 11) is 0.